The molecule has 0 fully saturated rings. The Morgan fingerprint density at radius 1 is 1.41 bits per heavy atom. The SMILES string of the molecule is CN(CC(=O)O)C(=O)c1ccc(OCC(F)(F)C(F)F)nc1. The highest BCUT2D eigenvalue weighted by atomic mass is 19.3. The average Bonchev–Trinajstić information content (AvgIpc) is 2.44. The van der Waals surface area contributed by atoms with Crippen molar-refractivity contribution in [3.05, 3.63) is 23.9 Å². The number of rotatable bonds is 7. The zero-order chi connectivity index (χ0) is 16.9. The average molecular weight is 324 g/mol. The molecule has 1 aromatic rings. The number of amides is 1. The number of ether oxygens (including phenoxy) is 1. The molecule has 0 bridgehead atoms. The minimum atomic E-state index is -4.31. The van der Waals surface area contributed by atoms with E-state index in [4.69, 9.17) is 5.11 Å². The summed E-state index contributed by atoms with van der Waals surface area (Å²) in [5, 5.41) is 8.55. The van der Waals surface area contributed by atoms with Crippen LogP contribution in [-0.2, 0) is 4.79 Å². The minimum Gasteiger partial charge on any atom is -0.480 e. The number of hydrogen-bond acceptors (Lipinski definition) is 4. The number of alkyl halides is 4. The van der Waals surface area contributed by atoms with Crippen LogP contribution in [0.4, 0.5) is 17.6 Å². The molecule has 1 amide bonds. The molecule has 1 N–H and O–H groups in total. The van der Waals surface area contributed by atoms with Crippen LogP contribution in [0.15, 0.2) is 18.3 Å². The molecule has 0 saturated heterocycles. The molecule has 0 saturated carbocycles. The maximum atomic E-state index is 12.6. The van der Waals surface area contributed by atoms with Crippen molar-refractivity contribution in [3.8, 4) is 5.88 Å². The van der Waals surface area contributed by atoms with E-state index in [-0.39, 0.29) is 11.4 Å². The van der Waals surface area contributed by atoms with E-state index in [2.05, 4.69) is 9.72 Å². The van der Waals surface area contributed by atoms with Gasteiger partial charge in [-0.2, -0.15) is 8.78 Å². The highest BCUT2D eigenvalue weighted by molar-refractivity contribution is 5.95. The summed E-state index contributed by atoms with van der Waals surface area (Å²) in [5.41, 5.74) is -0.00304. The van der Waals surface area contributed by atoms with Crippen LogP contribution >= 0.6 is 0 Å². The third-order valence-corrected chi connectivity index (χ3v) is 2.43. The number of hydrogen-bond donors (Lipinski definition) is 1. The third-order valence-electron chi connectivity index (χ3n) is 2.43. The number of halogens is 4. The summed E-state index contributed by atoms with van der Waals surface area (Å²) in [6.45, 7) is -2.08. The molecule has 22 heavy (non-hydrogen) atoms. The van der Waals surface area contributed by atoms with Gasteiger partial charge in [-0.25, -0.2) is 13.8 Å². The summed E-state index contributed by atoms with van der Waals surface area (Å²) in [7, 11) is 1.25. The molecule has 0 aliphatic rings. The molecule has 0 spiro atoms. The lowest BCUT2D eigenvalue weighted by Crippen LogP contribution is -2.34. The predicted octanol–water partition coefficient (Wildman–Crippen LogP) is 1.52. The normalized spacial score (nSPS) is 11.4. The van der Waals surface area contributed by atoms with Crippen molar-refractivity contribution in [3.63, 3.8) is 0 Å². The minimum absolute atomic E-state index is 0.00304. The van der Waals surface area contributed by atoms with Crippen molar-refractivity contribution in [2.75, 3.05) is 20.2 Å². The summed E-state index contributed by atoms with van der Waals surface area (Å²) in [6.07, 6.45) is -2.89. The highest BCUT2D eigenvalue weighted by Crippen LogP contribution is 2.23. The third kappa shape index (κ3) is 4.86. The van der Waals surface area contributed by atoms with Crippen LogP contribution in [-0.4, -0.2) is 59.4 Å². The van der Waals surface area contributed by atoms with E-state index in [0.29, 0.717) is 0 Å². The first-order valence-electron chi connectivity index (χ1n) is 5.85. The Bertz CT molecular complexity index is 536. The van der Waals surface area contributed by atoms with Gasteiger partial charge >= 0.3 is 18.3 Å². The van der Waals surface area contributed by atoms with Gasteiger partial charge in [0.05, 0.1) is 5.56 Å². The van der Waals surface area contributed by atoms with E-state index in [1.807, 2.05) is 0 Å². The maximum absolute atomic E-state index is 12.6. The monoisotopic (exact) mass is 324 g/mol. The van der Waals surface area contributed by atoms with Gasteiger partial charge < -0.3 is 14.7 Å². The van der Waals surface area contributed by atoms with Gasteiger partial charge in [0.1, 0.15) is 6.54 Å². The van der Waals surface area contributed by atoms with E-state index < -0.39 is 37.4 Å². The number of pyridine rings is 1. The lowest BCUT2D eigenvalue weighted by Gasteiger charge is -2.16. The molecular weight excluding hydrogens is 312 g/mol. The molecule has 10 heteroatoms. The van der Waals surface area contributed by atoms with Crippen molar-refractivity contribution in [1.82, 2.24) is 9.88 Å². The summed E-state index contributed by atoms with van der Waals surface area (Å²) >= 11 is 0. The maximum Gasteiger partial charge on any atom is 0.340 e. The zero-order valence-electron chi connectivity index (χ0n) is 11.3. The van der Waals surface area contributed by atoms with E-state index in [9.17, 15) is 27.2 Å². The molecule has 6 nitrogen and oxygen atoms in total. The molecule has 0 aliphatic carbocycles. The number of carboxylic acid groups (broad SMARTS) is 1. The van der Waals surface area contributed by atoms with E-state index in [0.717, 1.165) is 23.2 Å². The van der Waals surface area contributed by atoms with Crippen LogP contribution in [0.5, 0.6) is 5.88 Å². The van der Waals surface area contributed by atoms with Gasteiger partial charge in [-0.05, 0) is 6.07 Å². The summed E-state index contributed by atoms with van der Waals surface area (Å²) in [4.78, 5) is 26.7. The van der Waals surface area contributed by atoms with Crippen LogP contribution in [0.25, 0.3) is 0 Å². The zero-order valence-corrected chi connectivity index (χ0v) is 11.3. The van der Waals surface area contributed by atoms with Gasteiger partial charge in [0, 0.05) is 19.3 Å². The number of aromatic nitrogens is 1. The van der Waals surface area contributed by atoms with E-state index >= 15 is 0 Å². The molecule has 1 aromatic heterocycles. The number of aliphatic carboxylic acids is 1. The second-order valence-electron chi connectivity index (χ2n) is 4.29. The first-order chi connectivity index (χ1) is 10.1. The molecule has 122 valence electrons. The van der Waals surface area contributed by atoms with Gasteiger partial charge in [0.2, 0.25) is 5.88 Å². The number of carbonyl (C=O) groups is 2. The van der Waals surface area contributed by atoms with E-state index in [1.54, 1.807) is 0 Å². The molecule has 0 radical (unpaired) electrons. The van der Waals surface area contributed by atoms with Crippen molar-refractivity contribution in [2.24, 2.45) is 0 Å². The Labute approximate surface area is 122 Å². The topological polar surface area (TPSA) is 79.7 Å². The van der Waals surface area contributed by atoms with Gasteiger partial charge in [-0.3, -0.25) is 9.59 Å². The number of likely N-dealkylation sites (N-methyl/N-ethyl adjacent to an activating group) is 1. The summed E-state index contributed by atoms with van der Waals surface area (Å²) in [6, 6.07) is 2.20. The van der Waals surface area contributed by atoms with Crippen LogP contribution in [0.2, 0.25) is 0 Å². The molecule has 0 unspecified atom stereocenters. The second kappa shape index (κ2) is 7.05. The Morgan fingerprint density at radius 3 is 2.50 bits per heavy atom. The molecule has 0 aromatic carbocycles. The van der Waals surface area contributed by atoms with Gasteiger partial charge in [0.25, 0.3) is 5.91 Å². The summed E-state index contributed by atoms with van der Waals surface area (Å²) in [5.74, 6) is -6.53. The van der Waals surface area contributed by atoms with Gasteiger partial charge in [-0.15, -0.1) is 0 Å². The fourth-order valence-electron chi connectivity index (χ4n) is 1.32. The quantitative estimate of drug-likeness (QED) is 0.769. The number of carbonyl (C=O) groups excluding carboxylic acids is 1. The van der Waals surface area contributed by atoms with Gasteiger partial charge in [-0.1, -0.05) is 0 Å². The first-order valence-corrected chi connectivity index (χ1v) is 5.85. The Hall–Kier alpha value is -2.39. The molecule has 1 heterocycles. The Kier molecular flexibility index (Phi) is 5.66. The van der Waals surface area contributed by atoms with Crippen LogP contribution in [0, 0.1) is 0 Å². The van der Waals surface area contributed by atoms with Crippen molar-refractivity contribution >= 4 is 11.9 Å². The highest BCUT2D eigenvalue weighted by Gasteiger charge is 2.41. The van der Waals surface area contributed by atoms with E-state index in [1.165, 1.54) is 7.05 Å². The lowest BCUT2D eigenvalue weighted by atomic mass is 10.2. The van der Waals surface area contributed by atoms with Gasteiger partial charge in [0.15, 0.2) is 6.61 Å². The second-order valence-corrected chi connectivity index (χ2v) is 4.29. The standard InChI is InChI=1S/C12H12F4N2O4/c1-18(5-9(19)20)10(21)7-2-3-8(17-4-7)22-6-12(15,16)11(13)14/h2-4,11H,5-6H2,1H3,(H,19,20). The molecule has 0 aliphatic heterocycles. The largest absolute Gasteiger partial charge is 0.480 e. The summed E-state index contributed by atoms with van der Waals surface area (Å²) < 4.78 is 53.6. The van der Waals surface area contributed by atoms with Crippen molar-refractivity contribution < 1.29 is 37.0 Å². The first kappa shape index (κ1) is 17.7. The molecule has 0 atom stereocenters. The van der Waals surface area contributed by atoms with Crippen LogP contribution in [0.1, 0.15) is 10.4 Å². The number of carboxylic acids is 1. The predicted molar refractivity (Wildman–Crippen MR) is 65.3 cm³/mol. The molecule has 1 rings (SSSR count). The van der Waals surface area contributed by atoms with Crippen LogP contribution in [0.3, 0.4) is 0 Å². The smallest absolute Gasteiger partial charge is 0.340 e. The van der Waals surface area contributed by atoms with Crippen LogP contribution < -0.4 is 4.74 Å². The Morgan fingerprint density at radius 2 is 2.05 bits per heavy atom. The van der Waals surface area contributed by atoms with Crippen molar-refractivity contribution in [2.45, 2.75) is 12.3 Å². The van der Waals surface area contributed by atoms with Crippen molar-refractivity contribution in [1.29, 1.82) is 0 Å². The number of nitrogens with zero attached hydrogens (tertiary/aromatic N) is 2. The molecular formula is C12H12F4N2O4. The lowest BCUT2D eigenvalue weighted by molar-refractivity contribution is -0.148. The Balaban J connectivity index is 2.67. The fourth-order valence-corrected chi connectivity index (χ4v) is 1.32. The fraction of sp³-hybridized carbons (Fsp3) is 0.417.